The van der Waals surface area contributed by atoms with Gasteiger partial charge in [0.15, 0.2) is 14.9 Å². The Labute approximate surface area is 150 Å². The van der Waals surface area contributed by atoms with Crippen LogP contribution in [0.5, 0.6) is 0 Å². The molecule has 1 atom stereocenters. The number of thiocarbonyl (C=S) groups is 1. The summed E-state index contributed by atoms with van der Waals surface area (Å²) in [5, 5.41) is 3.97. The second-order valence-electron chi connectivity index (χ2n) is 6.52. The average Bonchev–Trinajstić information content (AvgIpc) is 2.88. The van der Waals surface area contributed by atoms with Crippen LogP contribution in [0.1, 0.15) is 12.0 Å². The summed E-state index contributed by atoms with van der Waals surface area (Å²) in [5.74, 6) is 0.476. The van der Waals surface area contributed by atoms with Crippen molar-refractivity contribution < 1.29 is 8.42 Å². The lowest BCUT2D eigenvalue weighted by Gasteiger charge is -2.32. The first-order valence-electron chi connectivity index (χ1n) is 8.31. The van der Waals surface area contributed by atoms with Gasteiger partial charge in [0.1, 0.15) is 0 Å². The lowest BCUT2D eigenvalue weighted by Crippen LogP contribution is -2.49. The molecule has 0 bridgehead atoms. The Kier molecular flexibility index (Phi) is 7.01. The van der Waals surface area contributed by atoms with Crippen molar-refractivity contribution in [3.63, 3.8) is 0 Å². The summed E-state index contributed by atoms with van der Waals surface area (Å²) in [7, 11) is 1.10. The summed E-state index contributed by atoms with van der Waals surface area (Å²) in [5.41, 5.74) is 1.26. The number of sulfone groups is 1. The van der Waals surface area contributed by atoms with Crippen molar-refractivity contribution in [2.24, 2.45) is 0 Å². The Morgan fingerprint density at radius 1 is 1.25 bits per heavy atom. The largest absolute Gasteiger partial charge is 0.362 e. The molecule has 0 unspecified atom stereocenters. The molecule has 1 N–H and O–H groups in total. The molecule has 0 spiro atoms. The summed E-state index contributed by atoms with van der Waals surface area (Å²) in [4.78, 5) is 4.15. The topological polar surface area (TPSA) is 52.6 Å². The summed E-state index contributed by atoms with van der Waals surface area (Å²) in [6, 6.07) is 10.2. The van der Waals surface area contributed by atoms with Crippen molar-refractivity contribution in [3.05, 3.63) is 35.9 Å². The van der Waals surface area contributed by atoms with Crippen LogP contribution in [0.3, 0.4) is 0 Å². The van der Waals surface area contributed by atoms with Gasteiger partial charge < -0.3 is 15.1 Å². The van der Waals surface area contributed by atoms with E-state index in [1.165, 1.54) is 5.56 Å². The summed E-state index contributed by atoms with van der Waals surface area (Å²) >= 11 is 5.56. The van der Waals surface area contributed by atoms with E-state index >= 15 is 0 Å². The van der Waals surface area contributed by atoms with Gasteiger partial charge in [-0.05, 0) is 44.7 Å². The lowest BCUT2D eigenvalue weighted by molar-refractivity contribution is 0.283. The van der Waals surface area contributed by atoms with E-state index in [9.17, 15) is 8.42 Å². The van der Waals surface area contributed by atoms with E-state index in [4.69, 9.17) is 12.2 Å². The zero-order valence-corrected chi connectivity index (χ0v) is 16.1. The van der Waals surface area contributed by atoms with Gasteiger partial charge in [-0.2, -0.15) is 0 Å². The fourth-order valence-electron chi connectivity index (χ4n) is 2.84. The van der Waals surface area contributed by atoms with Crippen molar-refractivity contribution in [2.75, 3.05) is 45.2 Å². The van der Waals surface area contributed by atoms with Crippen LogP contribution in [-0.2, 0) is 16.3 Å². The minimum Gasteiger partial charge on any atom is -0.362 e. The zero-order valence-electron chi connectivity index (χ0n) is 14.4. The fraction of sp³-hybridized carbons (Fsp3) is 0.588. The Bertz CT molecular complexity index is 632. The van der Waals surface area contributed by atoms with Crippen LogP contribution >= 0.6 is 12.2 Å². The molecule has 0 aliphatic carbocycles. The molecule has 134 valence electrons. The van der Waals surface area contributed by atoms with Gasteiger partial charge in [0.2, 0.25) is 0 Å². The highest BCUT2D eigenvalue weighted by atomic mass is 32.2. The maximum absolute atomic E-state index is 11.8. The van der Waals surface area contributed by atoms with E-state index in [1.807, 2.05) is 32.3 Å². The molecule has 1 aromatic rings. The van der Waals surface area contributed by atoms with Crippen molar-refractivity contribution in [2.45, 2.75) is 18.9 Å². The molecule has 1 aliphatic rings. The number of likely N-dealkylation sites (N-methyl/N-ethyl adjacent to an activating group) is 1. The number of hydrogen-bond donors (Lipinski definition) is 1. The van der Waals surface area contributed by atoms with E-state index in [0.717, 1.165) is 26.1 Å². The van der Waals surface area contributed by atoms with Crippen LogP contribution in [0.15, 0.2) is 30.3 Å². The highest BCUT2D eigenvalue weighted by Crippen LogP contribution is 2.18. The van der Waals surface area contributed by atoms with Crippen molar-refractivity contribution >= 4 is 27.2 Å². The Morgan fingerprint density at radius 3 is 2.54 bits per heavy atom. The number of hydrogen-bond acceptors (Lipinski definition) is 4. The smallest absolute Gasteiger partial charge is 0.169 e. The molecule has 0 aromatic heterocycles. The lowest BCUT2D eigenvalue weighted by atomic mass is 10.1. The van der Waals surface area contributed by atoms with Crippen molar-refractivity contribution in [1.82, 2.24) is 15.1 Å². The maximum atomic E-state index is 11.8. The molecule has 0 radical (unpaired) electrons. The standard InChI is InChI=1S/C17H27N3O2S2/c1-19(2)11-12-20(16-9-13-24(21,22)14-16)17(23)18-10-8-15-6-4-3-5-7-15/h3-7,16H,8-14H2,1-2H3,(H,18,23)/t16-/m0/s1. The minimum atomic E-state index is -2.92. The minimum absolute atomic E-state index is 0.00771. The molecule has 1 aliphatic heterocycles. The van der Waals surface area contributed by atoms with Gasteiger partial charge in [-0.15, -0.1) is 0 Å². The quantitative estimate of drug-likeness (QED) is 0.728. The number of nitrogens with one attached hydrogen (secondary N) is 1. The van der Waals surface area contributed by atoms with Crippen LogP contribution < -0.4 is 5.32 Å². The monoisotopic (exact) mass is 369 g/mol. The SMILES string of the molecule is CN(C)CCN(C(=S)NCCc1ccccc1)[C@H]1CCS(=O)(=O)C1. The molecule has 1 fully saturated rings. The third kappa shape index (κ3) is 6.03. The molecular weight excluding hydrogens is 342 g/mol. The van der Waals surface area contributed by atoms with Crippen molar-refractivity contribution in [3.8, 4) is 0 Å². The third-order valence-corrected chi connectivity index (χ3v) is 6.36. The predicted molar refractivity (Wildman–Crippen MR) is 103 cm³/mol. The highest BCUT2D eigenvalue weighted by molar-refractivity contribution is 7.91. The van der Waals surface area contributed by atoms with Crippen LogP contribution in [0.2, 0.25) is 0 Å². The molecule has 7 heteroatoms. The van der Waals surface area contributed by atoms with Gasteiger partial charge in [-0.3, -0.25) is 0 Å². The molecular formula is C17H27N3O2S2. The van der Waals surface area contributed by atoms with E-state index in [-0.39, 0.29) is 17.5 Å². The fourth-order valence-corrected chi connectivity index (χ4v) is 4.91. The van der Waals surface area contributed by atoms with Crippen LogP contribution in [0.25, 0.3) is 0 Å². The first kappa shape index (κ1) is 19.1. The molecule has 2 rings (SSSR count). The Balaban J connectivity index is 1.91. The first-order chi connectivity index (χ1) is 11.4. The Hall–Kier alpha value is -1.18. The van der Waals surface area contributed by atoms with E-state index in [2.05, 4.69) is 27.2 Å². The number of rotatable bonds is 7. The van der Waals surface area contributed by atoms with Crippen LogP contribution in [0.4, 0.5) is 0 Å². The number of benzene rings is 1. The van der Waals surface area contributed by atoms with Crippen LogP contribution in [0, 0.1) is 0 Å². The predicted octanol–water partition coefficient (Wildman–Crippen LogP) is 1.15. The molecule has 1 aromatic carbocycles. The number of nitrogens with zero attached hydrogens (tertiary/aromatic N) is 2. The molecule has 24 heavy (non-hydrogen) atoms. The molecule has 5 nitrogen and oxygen atoms in total. The Morgan fingerprint density at radius 2 is 1.96 bits per heavy atom. The molecule has 1 heterocycles. The van der Waals surface area contributed by atoms with E-state index < -0.39 is 9.84 Å². The zero-order chi connectivity index (χ0) is 17.6. The molecule has 0 amide bonds. The third-order valence-electron chi connectivity index (χ3n) is 4.23. The van der Waals surface area contributed by atoms with Gasteiger partial charge in [0.25, 0.3) is 0 Å². The van der Waals surface area contributed by atoms with E-state index in [1.54, 1.807) is 0 Å². The first-order valence-corrected chi connectivity index (χ1v) is 10.5. The van der Waals surface area contributed by atoms with Crippen molar-refractivity contribution in [1.29, 1.82) is 0 Å². The van der Waals surface area contributed by atoms with Gasteiger partial charge in [-0.1, -0.05) is 30.3 Å². The normalized spacial score (nSPS) is 19.4. The second kappa shape index (κ2) is 8.78. The molecule has 0 saturated carbocycles. The summed E-state index contributed by atoms with van der Waals surface area (Å²) < 4.78 is 23.6. The van der Waals surface area contributed by atoms with Gasteiger partial charge in [0.05, 0.1) is 11.5 Å². The highest BCUT2D eigenvalue weighted by Gasteiger charge is 2.33. The van der Waals surface area contributed by atoms with Gasteiger partial charge >= 0.3 is 0 Å². The van der Waals surface area contributed by atoms with Gasteiger partial charge in [-0.25, -0.2) is 8.42 Å². The second-order valence-corrected chi connectivity index (χ2v) is 9.14. The summed E-state index contributed by atoms with van der Waals surface area (Å²) in [6.45, 7) is 2.34. The van der Waals surface area contributed by atoms with Crippen LogP contribution in [-0.4, -0.2) is 74.6 Å². The van der Waals surface area contributed by atoms with E-state index in [0.29, 0.717) is 11.5 Å². The molecule has 1 saturated heterocycles. The maximum Gasteiger partial charge on any atom is 0.169 e. The summed E-state index contributed by atoms with van der Waals surface area (Å²) in [6.07, 6.45) is 1.56. The average molecular weight is 370 g/mol. The van der Waals surface area contributed by atoms with Gasteiger partial charge in [0, 0.05) is 25.7 Å².